The number of hydrogen-bond donors (Lipinski definition) is 2. The molecule has 50 valence electrons. The van der Waals surface area contributed by atoms with Crippen LogP contribution in [0.15, 0.2) is 23.4 Å². The van der Waals surface area contributed by atoms with Gasteiger partial charge in [-0.3, -0.25) is 0 Å². The molecule has 2 N–H and O–H groups in total. The lowest BCUT2D eigenvalue weighted by molar-refractivity contribution is -0.135. The summed E-state index contributed by atoms with van der Waals surface area (Å²) in [7, 11) is 0. The lowest BCUT2D eigenvalue weighted by atomic mass is 10.4. The fourth-order valence-corrected chi connectivity index (χ4v) is 0.280. The Labute approximate surface area is 56.9 Å². The first-order valence-corrected chi connectivity index (χ1v) is 2.42. The van der Waals surface area contributed by atoms with Gasteiger partial charge in [-0.2, -0.15) is 0 Å². The van der Waals surface area contributed by atoms with E-state index in [9.17, 15) is 4.79 Å². The van der Waals surface area contributed by atoms with E-state index in [1.165, 1.54) is 0 Å². The zero-order chi connectivity index (χ0) is 7.44. The average molecular weight is 149 g/mol. The van der Waals surface area contributed by atoms with Crippen LogP contribution in [0.3, 0.4) is 0 Å². The molecule has 0 aromatic rings. The molecule has 0 aromatic heterocycles. The van der Waals surface area contributed by atoms with Crippen LogP contribution in [0, 0.1) is 0 Å². The normalized spacial score (nSPS) is 12.1. The van der Waals surface area contributed by atoms with Crippen molar-refractivity contribution in [2.24, 2.45) is 0 Å². The molecule has 0 aliphatic heterocycles. The van der Waals surface area contributed by atoms with E-state index in [-0.39, 0.29) is 5.03 Å². The summed E-state index contributed by atoms with van der Waals surface area (Å²) in [5.41, 5.74) is 0. The predicted octanol–water partition coefficient (Wildman–Crippen LogP) is 1.27. The summed E-state index contributed by atoms with van der Waals surface area (Å²) in [5.74, 6) is -2.34. The minimum atomic E-state index is -1.46. The Morgan fingerprint density at radius 2 is 2.00 bits per heavy atom. The van der Waals surface area contributed by atoms with Gasteiger partial charge in [-0.25, -0.2) is 4.79 Å². The standard InChI is InChI=1S/C5H5ClO3/c1-2-3(6)4(7)5(8)9/h2,7H,1H2,(H,8,9)/b4-3+. The molecule has 0 unspecified atom stereocenters. The van der Waals surface area contributed by atoms with E-state index in [0.29, 0.717) is 0 Å². The molecule has 4 heteroatoms. The lowest BCUT2D eigenvalue weighted by Crippen LogP contribution is -1.99. The zero-order valence-electron chi connectivity index (χ0n) is 4.47. The highest BCUT2D eigenvalue weighted by Gasteiger charge is 2.06. The summed E-state index contributed by atoms with van der Waals surface area (Å²) in [6.45, 7) is 3.15. The zero-order valence-corrected chi connectivity index (χ0v) is 5.22. The van der Waals surface area contributed by atoms with E-state index in [1.807, 2.05) is 0 Å². The summed E-state index contributed by atoms with van der Waals surface area (Å²) in [6, 6.07) is 0. The van der Waals surface area contributed by atoms with Crippen LogP contribution < -0.4 is 0 Å². The highest BCUT2D eigenvalue weighted by Crippen LogP contribution is 2.06. The minimum absolute atomic E-state index is 0.262. The molecule has 0 atom stereocenters. The highest BCUT2D eigenvalue weighted by atomic mass is 35.5. The number of carboxylic acid groups (broad SMARTS) is 1. The van der Waals surface area contributed by atoms with Crippen molar-refractivity contribution >= 4 is 17.6 Å². The Bertz CT molecular complexity index is 171. The number of aliphatic hydroxyl groups is 1. The quantitative estimate of drug-likeness (QED) is 0.352. The number of allylic oxidation sites excluding steroid dienone is 2. The van der Waals surface area contributed by atoms with Gasteiger partial charge in [-0.1, -0.05) is 18.2 Å². The van der Waals surface area contributed by atoms with Crippen LogP contribution in [0.4, 0.5) is 0 Å². The van der Waals surface area contributed by atoms with E-state index in [0.717, 1.165) is 6.08 Å². The van der Waals surface area contributed by atoms with Crippen LogP contribution in [0.1, 0.15) is 0 Å². The van der Waals surface area contributed by atoms with Crippen molar-refractivity contribution in [2.45, 2.75) is 0 Å². The Morgan fingerprint density at radius 3 is 2.11 bits per heavy atom. The first-order chi connectivity index (χ1) is 4.09. The van der Waals surface area contributed by atoms with Crippen molar-refractivity contribution in [1.82, 2.24) is 0 Å². The lowest BCUT2D eigenvalue weighted by Gasteiger charge is -1.90. The van der Waals surface area contributed by atoms with E-state index >= 15 is 0 Å². The maximum atomic E-state index is 9.86. The molecule has 0 aromatic carbocycles. The van der Waals surface area contributed by atoms with Gasteiger partial charge in [0.1, 0.15) is 0 Å². The van der Waals surface area contributed by atoms with Gasteiger partial charge in [-0.15, -0.1) is 0 Å². The Hall–Kier alpha value is -0.960. The third kappa shape index (κ3) is 2.19. The SMILES string of the molecule is C=C/C(Cl)=C(\O)C(=O)O. The van der Waals surface area contributed by atoms with Gasteiger partial charge < -0.3 is 10.2 Å². The molecule has 0 saturated heterocycles. The summed E-state index contributed by atoms with van der Waals surface area (Å²) < 4.78 is 0. The molecule has 0 aliphatic carbocycles. The smallest absolute Gasteiger partial charge is 0.372 e. The Kier molecular flexibility index (Phi) is 2.81. The molecule has 0 fully saturated rings. The summed E-state index contributed by atoms with van der Waals surface area (Å²) in [6.07, 6.45) is 1.05. The molecule has 3 nitrogen and oxygen atoms in total. The van der Waals surface area contributed by atoms with Gasteiger partial charge in [0.15, 0.2) is 0 Å². The number of hydrogen-bond acceptors (Lipinski definition) is 2. The van der Waals surface area contributed by atoms with Crippen molar-refractivity contribution in [3.8, 4) is 0 Å². The molecule has 0 spiro atoms. The third-order valence-electron chi connectivity index (χ3n) is 0.608. The third-order valence-corrected chi connectivity index (χ3v) is 0.941. The molecule has 0 amide bonds. The number of aliphatic hydroxyl groups excluding tert-OH is 1. The number of halogens is 1. The van der Waals surface area contributed by atoms with Gasteiger partial charge in [-0.05, 0) is 6.08 Å². The molecule has 0 aliphatic rings. The average Bonchev–Trinajstić information content (AvgIpc) is 1.84. The van der Waals surface area contributed by atoms with E-state index in [2.05, 4.69) is 6.58 Å². The molecule has 0 heterocycles. The Morgan fingerprint density at radius 1 is 1.56 bits per heavy atom. The molecule has 0 bridgehead atoms. The molecule has 0 rings (SSSR count). The fraction of sp³-hybridized carbons (Fsp3) is 0. The molecule has 0 saturated carbocycles. The van der Waals surface area contributed by atoms with Crippen LogP contribution in [-0.4, -0.2) is 16.2 Å². The number of carbonyl (C=O) groups is 1. The van der Waals surface area contributed by atoms with Gasteiger partial charge in [0.25, 0.3) is 0 Å². The van der Waals surface area contributed by atoms with Gasteiger partial charge in [0.2, 0.25) is 5.76 Å². The number of aliphatic carboxylic acids is 1. The van der Waals surface area contributed by atoms with Crippen LogP contribution >= 0.6 is 11.6 Å². The van der Waals surface area contributed by atoms with Crippen molar-refractivity contribution in [1.29, 1.82) is 0 Å². The topological polar surface area (TPSA) is 57.5 Å². The van der Waals surface area contributed by atoms with Gasteiger partial charge in [0, 0.05) is 0 Å². The number of rotatable bonds is 2. The van der Waals surface area contributed by atoms with E-state index < -0.39 is 11.7 Å². The van der Waals surface area contributed by atoms with Crippen molar-refractivity contribution < 1.29 is 15.0 Å². The van der Waals surface area contributed by atoms with Crippen LogP contribution in [0.2, 0.25) is 0 Å². The highest BCUT2D eigenvalue weighted by molar-refractivity contribution is 6.32. The molecule has 9 heavy (non-hydrogen) atoms. The van der Waals surface area contributed by atoms with E-state index in [4.69, 9.17) is 21.8 Å². The first-order valence-electron chi connectivity index (χ1n) is 2.04. The maximum absolute atomic E-state index is 9.86. The summed E-state index contributed by atoms with van der Waals surface area (Å²) in [5, 5.41) is 16.3. The summed E-state index contributed by atoms with van der Waals surface area (Å²) in [4.78, 5) is 9.86. The second-order valence-electron chi connectivity index (χ2n) is 1.21. The second-order valence-corrected chi connectivity index (χ2v) is 1.61. The molecular weight excluding hydrogens is 144 g/mol. The van der Waals surface area contributed by atoms with Crippen molar-refractivity contribution in [2.75, 3.05) is 0 Å². The number of carboxylic acids is 1. The minimum Gasteiger partial charge on any atom is -0.501 e. The van der Waals surface area contributed by atoms with Gasteiger partial charge >= 0.3 is 5.97 Å². The fourth-order valence-electron chi connectivity index (χ4n) is 0.199. The van der Waals surface area contributed by atoms with E-state index in [1.54, 1.807) is 0 Å². The van der Waals surface area contributed by atoms with Crippen LogP contribution in [0.25, 0.3) is 0 Å². The molecule has 0 radical (unpaired) electrons. The van der Waals surface area contributed by atoms with Crippen molar-refractivity contribution in [3.05, 3.63) is 23.4 Å². The molecular formula is C5H5ClO3. The van der Waals surface area contributed by atoms with Gasteiger partial charge in [0.05, 0.1) is 5.03 Å². The largest absolute Gasteiger partial charge is 0.501 e. The predicted molar refractivity (Wildman–Crippen MR) is 33.3 cm³/mol. The monoisotopic (exact) mass is 148 g/mol. The Balaban J connectivity index is 4.47. The van der Waals surface area contributed by atoms with Crippen LogP contribution in [-0.2, 0) is 4.79 Å². The van der Waals surface area contributed by atoms with Crippen LogP contribution in [0.5, 0.6) is 0 Å². The first kappa shape index (κ1) is 8.04. The van der Waals surface area contributed by atoms with Crippen molar-refractivity contribution in [3.63, 3.8) is 0 Å². The maximum Gasteiger partial charge on any atom is 0.372 e. The summed E-state index contributed by atoms with van der Waals surface area (Å²) >= 11 is 5.14. The second kappa shape index (κ2) is 3.14.